The lowest BCUT2D eigenvalue weighted by Crippen LogP contribution is -2.20. The first-order valence-corrected chi connectivity index (χ1v) is 6.27. The molecule has 0 saturated carbocycles. The van der Waals surface area contributed by atoms with E-state index in [0.717, 1.165) is 12.1 Å². The molecule has 114 valence electrons. The molecule has 0 radical (unpaired) electrons. The van der Waals surface area contributed by atoms with Crippen LogP contribution in [0.2, 0.25) is 0 Å². The number of esters is 1. The predicted octanol–water partition coefficient (Wildman–Crippen LogP) is 2.76. The Morgan fingerprint density at radius 3 is 2.71 bits per heavy atom. The number of ether oxygens (including phenoxy) is 1. The number of rotatable bonds is 3. The minimum Gasteiger partial charge on any atom is -0.464 e. The normalized spacial score (nSPS) is 13.4. The molecule has 1 aromatic heterocycles. The van der Waals surface area contributed by atoms with Crippen LogP contribution in [0, 0.1) is 0 Å². The molecule has 21 heavy (non-hydrogen) atoms. The van der Waals surface area contributed by atoms with Crippen LogP contribution in [0.4, 0.5) is 19.1 Å². The van der Waals surface area contributed by atoms with Gasteiger partial charge in [-0.3, -0.25) is 4.57 Å². The number of halogens is 3. The fourth-order valence-corrected chi connectivity index (χ4v) is 2.07. The van der Waals surface area contributed by atoms with Crippen LogP contribution in [0.3, 0.4) is 0 Å². The number of nitrogens with zero attached hydrogens (tertiary/aromatic N) is 2. The zero-order valence-electron chi connectivity index (χ0n) is 11.4. The lowest BCUT2D eigenvalue weighted by atomic mass is 10.2. The van der Waals surface area contributed by atoms with Gasteiger partial charge in [0.25, 0.3) is 0 Å². The monoisotopic (exact) mass is 301 g/mol. The van der Waals surface area contributed by atoms with Gasteiger partial charge in [-0.2, -0.15) is 13.2 Å². The molecule has 1 aromatic carbocycles. The fourth-order valence-electron chi connectivity index (χ4n) is 2.07. The molecule has 8 heteroatoms. The van der Waals surface area contributed by atoms with Crippen LogP contribution in [0.1, 0.15) is 25.5 Å². The molecule has 0 bridgehead atoms. The van der Waals surface area contributed by atoms with E-state index in [-0.39, 0.29) is 18.1 Å². The number of anilines is 1. The number of carbonyl (C=O) groups is 1. The second kappa shape index (κ2) is 5.27. The minimum atomic E-state index is -4.46. The average Bonchev–Trinajstić information content (AvgIpc) is 2.72. The molecule has 0 saturated heterocycles. The standard InChI is InChI=1S/C13H14F3N3O2/c1-3-21-11(20)7(2)19-10-5-4-8(13(14,15)16)6-9(10)18-12(19)17/h4-7H,3H2,1-2H3,(H2,17,18). The van der Waals surface area contributed by atoms with Crippen LogP contribution in [0.25, 0.3) is 11.0 Å². The van der Waals surface area contributed by atoms with Gasteiger partial charge in [0.2, 0.25) is 5.95 Å². The summed E-state index contributed by atoms with van der Waals surface area (Å²) >= 11 is 0. The number of alkyl halides is 3. The van der Waals surface area contributed by atoms with E-state index in [2.05, 4.69) is 4.98 Å². The van der Waals surface area contributed by atoms with Gasteiger partial charge in [-0.25, -0.2) is 9.78 Å². The molecular weight excluding hydrogens is 287 g/mol. The highest BCUT2D eigenvalue weighted by atomic mass is 19.4. The van der Waals surface area contributed by atoms with E-state index in [9.17, 15) is 18.0 Å². The highest BCUT2D eigenvalue weighted by Crippen LogP contribution is 2.32. The van der Waals surface area contributed by atoms with Crippen LogP contribution in [-0.4, -0.2) is 22.1 Å². The number of benzene rings is 1. The van der Waals surface area contributed by atoms with E-state index >= 15 is 0 Å². The maximum Gasteiger partial charge on any atom is 0.416 e. The van der Waals surface area contributed by atoms with Crippen LogP contribution in [-0.2, 0) is 15.7 Å². The quantitative estimate of drug-likeness (QED) is 0.885. The van der Waals surface area contributed by atoms with Gasteiger partial charge in [0.15, 0.2) is 0 Å². The summed E-state index contributed by atoms with van der Waals surface area (Å²) in [6.07, 6.45) is -4.46. The van der Waals surface area contributed by atoms with Crippen LogP contribution >= 0.6 is 0 Å². The van der Waals surface area contributed by atoms with Crippen molar-refractivity contribution in [1.29, 1.82) is 0 Å². The lowest BCUT2D eigenvalue weighted by molar-refractivity contribution is -0.146. The molecule has 1 atom stereocenters. The van der Waals surface area contributed by atoms with E-state index < -0.39 is 23.8 Å². The van der Waals surface area contributed by atoms with Crippen LogP contribution in [0.15, 0.2) is 18.2 Å². The predicted molar refractivity (Wildman–Crippen MR) is 70.5 cm³/mol. The Hall–Kier alpha value is -2.25. The van der Waals surface area contributed by atoms with E-state index in [1.165, 1.54) is 10.6 Å². The number of nitrogens with two attached hydrogens (primary N) is 1. The van der Waals surface area contributed by atoms with Crippen molar-refractivity contribution in [2.24, 2.45) is 0 Å². The van der Waals surface area contributed by atoms with E-state index in [1.54, 1.807) is 13.8 Å². The maximum absolute atomic E-state index is 12.7. The van der Waals surface area contributed by atoms with Gasteiger partial charge in [-0.15, -0.1) is 0 Å². The summed E-state index contributed by atoms with van der Waals surface area (Å²) in [5.74, 6) is -0.562. The van der Waals surface area contributed by atoms with Crippen molar-refractivity contribution in [3.05, 3.63) is 23.8 Å². The summed E-state index contributed by atoms with van der Waals surface area (Å²) in [4.78, 5) is 15.6. The summed E-state index contributed by atoms with van der Waals surface area (Å²) in [7, 11) is 0. The molecule has 0 aliphatic heterocycles. The van der Waals surface area contributed by atoms with E-state index in [0.29, 0.717) is 5.52 Å². The van der Waals surface area contributed by atoms with E-state index in [1.807, 2.05) is 0 Å². The Morgan fingerprint density at radius 2 is 2.14 bits per heavy atom. The molecular formula is C13H14F3N3O2. The first-order valence-electron chi connectivity index (χ1n) is 6.27. The third kappa shape index (κ3) is 2.79. The largest absolute Gasteiger partial charge is 0.464 e. The Labute approximate surface area is 118 Å². The van der Waals surface area contributed by atoms with Crippen molar-refractivity contribution >= 4 is 23.0 Å². The molecule has 2 aromatic rings. The zero-order valence-corrected chi connectivity index (χ0v) is 11.4. The first-order chi connectivity index (χ1) is 9.75. The topological polar surface area (TPSA) is 70.1 Å². The SMILES string of the molecule is CCOC(=O)C(C)n1c(N)nc2cc(C(F)(F)F)ccc21. The van der Waals surface area contributed by atoms with E-state index in [4.69, 9.17) is 10.5 Å². The Bertz CT molecular complexity index is 679. The van der Waals surface area contributed by atoms with Gasteiger partial charge in [-0.05, 0) is 32.0 Å². The van der Waals surface area contributed by atoms with Crippen molar-refractivity contribution in [1.82, 2.24) is 9.55 Å². The summed E-state index contributed by atoms with van der Waals surface area (Å²) in [6.45, 7) is 3.41. The maximum atomic E-state index is 12.7. The van der Waals surface area contributed by atoms with Crippen molar-refractivity contribution < 1.29 is 22.7 Å². The number of fused-ring (bicyclic) bond motifs is 1. The minimum absolute atomic E-state index is 0.0372. The molecule has 1 unspecified atom stereocenters. The average molecular weight is 301 g/mol. The van der Waals surface area contributed by atoms with Gasteiger partial charge in [-0.1, -0.05) is 0 Å². The molecule has 0 aliphatic carbocycles. The van der Waals surface area contributed by atoms with Crippen LogP contribution in [0.5, 0.6) is 0 Å². The third-order valence-electron chi connectivity index (χ3n) is 3.06. The Kier molecular flexibility index (Phi) is 3.80. The number of hydrogen-bond donors (Lipinski definition) is 1. The van der Waals surface area contributed by atoms with Crippen molar-refractivity contribution in [3.8, 4) is 0 Å². The van der Waals surface area contributed by atoms with Gasteiger partial charge in [0, 0.05) is 0 Å². The summed E-state index contributed by atoms with van der Waals surface area (Å²) in [6, 6.07) is 2.31. The second-order valence-corrected chi connectivity index (χ2v) is 4.47. The number of hydrogen-bond acceptors (Lipinski definition) is 4. The lowest BCUT2D eigenvalue weighted by Gasteiger charge is -2.14. The molecule has 5 nitrogen and oxygen atoms in total. The van der Waals surface area contributed by atoms with Gasteiger partial charge >= 0.3 is 12.1 Å². The molecule has 2 N–H and O–H groups in total. The fraction of sp³-hybridized carbons (Fsp3) is 0.385. The Morgan fingerprint density at radius 1 is 1.48 bits per heavy atom. The zero-order chi connectivity index (χ0) is 15.8. The van der Waals surface area contributed by atoms with Crippen LogP contribution < -0.4 is 5.73 Å². The number of aromatic nitrogens is 2. The highest BCUT2D eigenvalue weighted by molar-refractivity contribution is 5.83. The summed E-state index contributed by atoms with van der Waals surface area (Å²) in [5, 5.41) is 0. The van der Waals surface area contributed by atoms with Gasteiger partial charge in [0.1, 0.15) is 6.04 Å². The number of imidazole rings is 1. The molecule has 2 rings (SSSR count). The second-order valence-electron chi connectivity index (χ2n) is 4.47. The first kappa shape index (κ1) is 15.1. The number of carbonyl (C=O) groups excluding carboxylic acids is 1. The molecule has 0 aliphatic rings. The molecule has 0 amide bonds. The smallest absolute Gasteiger partial charge is 0.416 e. The molecule has 1 heterocycles. The molecule has 0 fully saturated rings. The van der Waals surface area contributed by atoms with Crippen molar-refractivity contribution in [2.75, 3.05) is 12.3 Å². The van der Waals surface area contributed by atoms with Crippen molar-refractivity contribution in [2.45, 2.75) is 26.1 Å². The van der Waals surface area contributed by atoms with Gasteiger partial charge in [0.05, 0.1) is 23.2 Å². The van der Waals surface area contributed by atoms with Gasteiger partial charge < -0.3 is 10.5 Å². The summed E-state index contributed by atoms with van der Waals surface area (Å²) in [5.41, 5.74) is 5.32. The highest BCUT2D eigenvalue weighted by Gasteiger charge is 2.31. The Balaban J connectivity index is 2.51. The molecule has 0 spiro atoms. The summed E-state index contributed by atoms with van der Waals surface area (Å²) < 4.78 is 44.3. The number of nitrogen functional groups attached to an aromatic ring is 1. The third-order valence-corrected chi connectivity index (χ3v) is 3.06. The van der Waals surface area contributed by atoms with Crippen molar-refractivity contribution in [3.63, 3.8) is 0 Å².